The van der Waals surface area contributed by atoms with Crippen molar-refractivity contribution in [3.8, 4) is 0 Å². The summed E-state index contributed by atoms with van der Waals surface area (Å²) in [4.78, 5) is 6.79. The van der Waals surface area contributed by atoms with E-state index in [1.165, 1.54) is 23.4 Å². The van der Waals surface area contributed by atoms with Crippen LogP contribution in [0.15, 0.2) is 29.3 Å². The Morgan fingerprint density at radius 2 is 1.88 bits per heavy atom. The second-order valence-electron chi connectivity index (χ2n) is 8.19. The Bertz CT molecular complexity index is 879. The number of aromatic nitrogens is 2. The predicted molar refractivity (Wildman–Crippen MR) is 137 cm³/mol. The number of halogens is 2. The second kappa shape index (κ2) is 12.5. The number of nitrogens with zero attached hydrogens (tertiary/aromatic N) is 4. The molecule has 9 heteroatoms. The first kappa shape index (κ1) is 26.5. The lowest BCUT2D eigenvalue weighted by Crippen LogP contribution is -2.48. The molecule has 2 atom stereocenters. The lowest BCUT2D eigenvalue weighted by molar-refractivity contribution is 0.0170. The molecule has 1 fully saturated rings. The van der Waals surface area contributed by atoms with Crippen LogP contribution in [0.5, 0.6) is 0 Å². The van der Waals surface area contributed by atoms with E-state index in [9.17, 15) is 4.39 Å². The molecular weight excluding hydrogens is 522 g/mol. The van der Waals surface area contributed by atoms with Gasteiger partial charge in [0.25, 0.3) is 0 Å². The van der Waals surface area contributed by atoms with Crippen molar-refractivity contribution in [1.82, 2.24) is 25.3 Å². The second-order valence-corrected chi connectivity index (χ2v) is 8.19. The van der Waals surface area contributed by atoms with Gasteiger partial charge in [0.1, 0.15) is 5.82 Å². The maximum Gasteiger partial charge on any atom is 0.191 e. The molecule has 0 bridgehead atoms. The highest BCUT2D eigenvalue weighted by molar-refractivity contribution is 14.0. The highest BCUT2D eigenvalue weighted by Gasteiger charge is 2.23. The van der Waals surface area contributed by atoms with E-state index in [4.69, 9.17) is 4.74 Å². The lowest BCUT2D eigenvalue weighted by Gasteiger charge is -2.35. The third kappa shape index (κ3) is 6.89. The van der Waals surface area contributed by atoms with Crippen molar-refractivity contribution in [2.24, 2.45) is 12.0 Å². The number of aryl methyl sites for hydroxylation is 2. The summed E-state index contributed by atoms with van der Waals surface area (Å²) in [5, 5.41) is 11.5. The minimum Gasteiger partial charge on any atom is -0.379 e. The molecule has 0 aliphatic carbocycles. The summed E-state index contributed by atoms with van der Waals surface area (Å²) in [5.41, 5.74) is 4.62. The quantitative estimate of drug-likeness (QED) is 0.311. The van der Waals surface area contributed by atoms with Crippen LogP contribution in [0.25, 0.3) is 0 Å². The molecule has 1 aliphatic heterocycles. The van der Waals surface area contributed by atoms with Gasteiger partial charge in [-0.15, -0.1) is 24.0 Å². The zero-order valence-corrected chi connectivity index (χ0v) is 22.0. The van der Waals surface area contributed by atoms with E-state index in [1.54, 1.807) is 7.05 Å². The van der Waals surface area contributed by atoms with Crippen molar-refractivity contribution < 1.29 is 9.13 Å². The van der Waals surface area contributed by atoms with Crippen molar-refractivity contribution >= 4 is 29.9 Å². The maximum absolute atomic E-state index is 13.5. The van der Waals surface area contributed by atoms with Crippen LogP contribution in [0, 0.1) is 19.7 Å². The fourth-order valence-electron chi connectivity index (χ4n) is 4.12. The number of nitrogens with one attached hydrogen (secondary N) is 2. The first-order valence-corrected chi connectivity index (χ1v) is 10.9. The smallest absolute Gasteiger partial charge is 0.191 e. The molecule has 0 amide bonds. The summed E-state index contributed by atoms with van der Waals surface area (Å²) < 4.78 is 20.9. The fourth-order valence-corrected chi connectivity index (χ4v) is 4.12. The Balaban J connectivity index is 0.00000363. The van der Waals surface area contributed by atoms with Gasteiger partial charge in [-0.25, -0.2) is 4.39 Å². The van der Waals surface area contributed by atoms with Crippen molar-refractivity contribution in [3.05, 3.63) is 52.6 Å². The average molecular weight is 558 g/mol. The molecule has 178 valence electrons. The normalized spacial score (nSPS) is 16.9. The van der Waals surface area contributed by atoms with Gasteiger partial charge in [0.15, 0.2) is 5.96 Å². The molecule has 0 radical (unpaired) electrons. The standard InChI is InChI=1S/C23H35FN6O.HI/c1-16(14-21-17(2)28-29(5)18(21)3)27-23(25-4)26-15-22(30-10-12-31-13-11-30)19-6-8-20(24)9-7-19;/h6-9,16,22H,10-15H2,1-5H3,(H2,25,26,27);1H. The van der Waals surface area contributed by atoms with Gasteiger partial charge in [0, 0.05) is 45.5 Å². The van der Waals surface area contributed by atoms with Gasteiger partial charge in [-0.1, -0.05) is 12.1 Å². The number of benzene rings is 1. The highest BCUT2D eigenvalue weighted by Crippen LogP contribution is 2.22. The molecule has 7 nitrogen and oxygen atoms in total. The number of morpholine rings is 1. The number of ether oxygens (including phenoxy) is 1. The molecule has 32 heavy (non-hydrogen) atoms. The molecule has 1 aromatic heterocycles. The van der Waals surface area contributed by atoms with Crippen LogP contribution in [-0.4, -0.2) is 66.6 Å². The number of hydrogen-bond acceptors (Lipinski definition) is 4. The van der Waals surface area contributed by atoms with E-state index < -0.39 is 0 Å². The Kier molecular flexibility index (Phi) is 10.4. The van der Waals surface area contributed by atoms with Gasteiger partial charge < -0.3 is 15.4 Å². The van der Waals surface area contributed by atoms with Crippen molar-refractivity contribution in [2.75, 3.05) is 39.9 Å². The zero-order chi connectivity index (χ0) is 22.4. The van der Waals surface area contributed by atoms with Crippen LogP contribution in [0.4, 0.5) is 4.39 Å². The summed E-state index contributed by atoms with van der Waals surface area (Å²) in [7, 11) is 3.76. The molecule has 2 unspecified atom stereocenters. The van der Waals surface area contributed by atoms with Gasteiger partial charge in [-0.2, -0.15) is 5.10 Å². The zero-order valence-electron chi connectivity index (χ0n) is 19.7. The first-order chi connectivity index (χ1) is 14.9. The average Bonchev–Trinajstić information content (AvgIpc) is 3.00. The Morgan fingerprint density at radius 1 is 1.22 bits per heavy atom. The topological polar surface area (TPSA) is 66.7 Å². The van der Waals surface area contributed by atoms with E-state index in [0.717, 1.165) is 36.7 Å². The molecule has 3 rings (SSSR count). The number of guanidine groups is 1. The molecule has 0 spiro atoms. The Morgan fingerprint density at radius 3 is 2.44 bits per heavy atom. The largest absolute Gasteiger partial charge is 0.379 e. The minimum absolute atomic E-state index is 0. The van der Waals surface area contributed by atoms with Crippen LogP contribution < -0.4 is 10.6 Å². The van der Waals surface area contributed by atoms with Crippen LogP contribution >= 0.6 is 24.0 Å². The van der Waals surface area contributed by atoms with Gasteiger partial charge in [-0.05, 0) is 50.5 Å². The molecule has 2 heterocycles. The van der Waals surface area contributed by atoms with E-state index in [-0.39, 0.29) is 41.9 Å². The van der Waals surface area contributed by atoms with Gasteiger partial charge >= 0.3 is 0 Å². The van der Waals surface area contributed by atoms with Gasteiger partial charge in [0.2, 0.25) is 0 Å². The fraction of sp³-hybridized carbons (Fsp3) is 0.565. The molecule has 1 aromatic carbocycles. The molecular formula is C23H36FIN6O. The summed E-state index contributed by atoms with van der Waals surface area (Å²) in [6.07, 6.45) is 0.872. The summed E-state index contributed by atoms with van der Waals surface area (Å²) >= 11 is 0. The Hall–Kier alpha value is -1.72. The Labute approximate surface area is 207 Å². The highest BCUT2D eigenvalue weighted by atomic mass is 127. The molecule has 2 aromatic rings. The van der Waals surface area contributed by atoms with Crippen LogP contribution in [0.3, 0.4) is 0 Å². The van der Waals surface area contributed by atoms with Gasteiger partial charge in [0.05, 0.1) is 24.9 Å². The van der Waals surface area contributed by atoms with Crippen LogP contribution in [-0.2, 0) is 18.2 Å². The molecule has 1 aliphatic rings. The van der Waals surface area contributed by atoms with Crippen LogP contribution in [0.1, 0.15) is 35.5 Å². The summed E-state index contributed by atoms with van der Waals surface area (Å²) in [6.45, 7) is 10.1. The number of aliphatic imine (C=N–C) groups is 1. The van der Waals surface area contributed by atoms with Crippen molar-refractivity contribution in [3.63, 3.8) is 0 Å². The van der Waals surface area contributed by atoms with E-state index >= 15 is 0 Å². The number of rotatable bonds is 7. The predicted octanol–water partition coefficient (Wildman–Crippen LogP) is 2.96. The number of hydrogen-bond donors (Lipinski definition) is 2. The van der Waals surface area contributed by atoms with Crippen LogP contribution in [0.2, 0.25) is 0 Å². The van der Waals surface area contributed by atoms with Crippen molar-refractivity contribution in [2.45, 2.75) is 39.3 Å². The maximum atomic E-state index is 13.5. The summed E-state index contributed by atoms with van der Waals surface area (Å²) in [5.74, 6) is 0.539. The summed E-state index contributed by atoms with van der Waals surface area (Å²) in [6, 6.07) is 7.09. The first-order valence-electron chi connectivity index (χ1n) is 10.9. The molecule has 2 N–H and O–H groups in total. The van der Waals surface area contributed by atoms with E-state index in [0.29, 0.717) is 19.8 Å². The monoisotopic (exact) mass is 558 g/mol. The third-order valence-corrected chi connectivity index (χ3v) is 5.98. The van der Waals surface area contributed by atoms with E-state index in [1.807, 2.05) is 23.9 Å². The van der Waals surface area contributed by atoms with Gasteiger partial charge in [-0.3, -0.25) is 14.6 Å². The minimum atomic E-state index is -0.218. The SMILES string of the molecule is CN=C(NCC(c1ccc(F)cc1)N1CCOCC1)NC(C)Cc1c(C)nn(C)c1C.I. The molecule has 1 saturated heterocycles. The lowest BCUT2D eigenvalue weighted by atomic mass is 10.0. The van der Waals surface area contributed by atoms with Crippen molar-refractivity contribution in [1.29, 1.82) is 0 Å². The third-order valence-electron chi connectivity index (χ3n) is 5.98. The molecule has 0 saturated carbocycles. The van der Waals surface area contributed by atoms with E-state index in [2.05, 4.69) is 46.4 Å².